The van der Waals surface area contributed by atoms with Crippen molar-refractivity contribution >= 4 is 0 Å². The average molecular weight is 225 g/mol. The second-order valence-electron chi connectivity index (χ2n) is 6.17. The second-order valence-corrected chi connectivity index (χ2v) is 6.17. The third kappa shape index (κ3) is 2.13. The molecule has 16 heavy (non-hydrogen) atoms. The number of rotatable bonds is 2. The summed E-state index contributed by atoms with van der Waals surface area (Å²) >= 11 is 0. The quantitative estimate of drug-likeness (QED) is 0.779. The predicted molar refractivity (Wildman–Crippen MR) is 62.1 cm³/mol. The molecule has 0 radical (unpaired) electrons. The standard InChI is InChI=1S/C13H23NO2/c1-13(2)15-7-11(8-16-13)14-12-6-9-3-4-10(12)5-9/h9-12,14H,3-8H2,1-2H3. The van der Waals surface area contributed by atoms with Gasteiger partial charge >= 0.3 is 0 Å². The molecule has 1 aliphatic heterocycles. The molecule has 3 rings (SSSR count). The molecule has 0 aromatic carbocycles. The van der Waals surface area contributed by atoms with E-state index >= 15 is 0 Å². The van der Waals surface area contributed by atoms with Crippen LogP contribution in [0.4, 0.5) is 0 Å². The zero-order valence-corrected chi connectivity index (χ0v) is 10.4. The molecule has 2 bridgehead atoms. The zero-order chi connectivity index (χ0) is 11.2. The van der Waals surface area contributed by atoms with Gasteiger partial charge in [0.05, 0.1) is 19.3 Å². The van der Waals surface area contributed by atoms with E-state index in [1.807, 2.05) is 13.8 Å². The van der Waals surface area contributed by atoms with Gasteiger partial charge in [0.15, 0.2) is 5.79 Å². The van der Waals surface area contributed by atoms with Gasteiger partial charge in [-0.1, -0.05) is 6.42 Å². The second kappa shape index (κ2) is 3.97. The summed E-state index contributed by atoms with van der Waals surface area (Å²) in [6, 6.07) is 1.13. The Balaban J connectivity index is 1.49. The van der Waals surface area contributed by atoms with Crippen molar-refractivity contribution in [3.63, 3.8) is 0 Å². The smallest absolute Gasteiger partial charge is 0.162 e. The van der Waals surface area contributed by atoms with Crippen LogP contribution in [0.15, 0.2) is 0 Å². The van der Waals surface area contributed by atoms with Gasteiger partial charge in [-0.05, 0) is 44.9 Å². The molecule has 0 amide bonds. The maximum absolute atomic E-state index is 5.68. The molecule has 2 aliphatic carbocycles. The highest BCUT2D eigenvalue weighted by Gasteiger charge is 2.41. The molecule has 3 fully saturated rings. The molecule has 0 spiro atoms. The number of ether oxygens (including phenoxy) is 2. The molecule has 3 heteroatoms. The van der Waals surface area contributed by atoms with Crippen LogP contribution in [-0.2, 0) is 9.47 Å². The average Bonchev–Trinajstić information content (AvgIpc) is 2.83. The number of hydrogen-bond acceptors (Lipinski definition) is 3. The number of fused-ring (bicyclic) bond motifs is 2. The summed E-state index contributed by atoms with van der Waals surface area (Å²) in [7, 11) is 0. The lowest BCUT2D eigenvalue weighted by Gasteiger charge is -2.37. The van der Waals surface area contributed by atoms with Crippen molar-refractivity contribution in [1.82, 2.24) is 5.32 Å². The highest BCUT2D eigenvalue weighted by atomic mass is 16.7. The molecule has 3 atom stereocenters. The summed E-state index contributed by atoms with van der Waals surface area (Å²) in [5.41, 5.74) is 0. The molecule has 1 N–H and O–H groups in total. The lowest BCUT2D eigenvalue weighted by atomic mass is 9.95. The summed E-state index contributed by atoms with van der Waals surface area (Å²) in [6.07, 6.45) is 5.73. The van der Waals surface area contributed by atoms with Crippen molar-refractivity contribution in [3.8, 4) is 0 Å². The SMILES string of the molecule is CC1(C)OCC(NC2CC3CCC2C3)CO1. The molecular weight excluding hydrogens is 202 g/mol. The summed E-state index contributed by atoms with van der Waals surface area (Å²) < 4.78 is 11.4. The van der Waals surface area contributed by atoms with Gasteiger partial charge in [-0.2, -0.15) is 0 Å². The Hall–Kier alpha value is -0.120. The van der Waals surface area contributed by atoms with Crippen molar-refractivity contribution in [1.29, 1.82) is 0 Å². The van der Waals surface area contributed by atoms with Crippen LogP contribution >= 0.6 is 0 Å². The Morgan fingerprint density at radius 3 is 2.38 bits per heavy atom. The summed E-state index contributed by atoms with van der Waals surface area (Å²) in [5, 5.41) is 3.74. The molecule has 3 unspecified atom stereocenters. The van der Waals surface area contributed by atoms with Crippen molar-refractivity contribution in [3.05, 3.63) is 0 Å². The first kappa shape index (κ1) is 11.0. The van der Waals surface area contributed by atoms with Crippen LogP contribution in [0.5, 0.6) is 0 Å². The van der Waals surface area contributed by atoms with E-state index in [2.05, 4.69) is 5.32 Å². The van der Waals surface area contributed by atoms with Crippen molar-refractivity contribution in [2.45, 2.75) is 57.4 Å². The van der Waals surface area contributed by atoms with Crippen molar-refractivity contribution in [2.24, 2.45) is 11.8 Å². The van der Waals surface area contributed by atoms with Crippen LogP contribution in [-0.4, -0.2) is 31.1 Å². The first-order chi connectivity index (χ1) is 7.62. The Labute approximate surface area is 97.9 Å². The zero-order valence-electron chi connectivity index (χ0n) is 10.4. The minimum atomic E-state index is -0.382. The van der Waals surface area contributed by atoms with Gasteiger partial charge in [0.25, 0.3) is 0 Å². The predicted octanol–water partition coefficient (Wildman–Crippen LogP) is 1.92. The molecule has 3 aliphatic rings. The number of nitrogens with one attached hydrogen (secondary N) is 1. The van der Waals surface area contributed by atoms with Crippen LogP contribution in [0.25, 0.3) is 0 Å². The van der Waals surface area contributed by atoms with Crippen molar-refractivity contribution < 1.29 is 9.47 Å². The third-order valence-corrected chi connectivity index (χ3v) is 4.45. The highest BCUT2D eigenvalue weighted by molar-refractivity contribution is 4.95. The lowest BCUT2D eigenvalue weighted by Crippen LogP contribution is -2.52. The molecule has 0 aromatic heterocycles. The third-order valence-electron chi connectivity index (χ3n) is 4.45. The van der Waals surface area contributed by atoms with Gasteiger partial charge in [0.1, 0.15) is 0 Å². The van der Waals surface area contributed by atoms with Crippen LogP contribution in [0.2, 0.25) is 0 Å². The monoisotopic (exact) mass is 225 g/mol. The van der Waals surface area contributed by atoms with Gasteiger partial charge in [0, 0.05) is 6.04 Å². The van der Waals surface area contributed by atoms with E-state index < -0.39 is 0 Å². The summed E-state index contributed by atoms with van der Waals surface area (Å²) in [5.74, 6) is 1.55. The number of hydrogen-bond donors (Lipinski definition) is 1. The summed E-state index contributed by atoms with van der Waals surface area (Å²) in [4.78, 5) is 0. The highest BCUT2D eigenvalue weighted by Crippen LogP contribution is 2.44. The van der Waals surface area contributed by atoms with E-state index in [0.717, 1.165) is 31.1 Å². The first-order valence-corrected chi connectivity index (χ1v) is 6.66. The van der Waals surface area contributed by atoms with E-state index in [1.165, 1.54) is 25.7 Å². The van der Waals surface area contributed by atoms with E-state index in [-0.39, 0.29) is 5.79 Å². The molecule has 3 nitrogen and oxygen atoms in total. The van der Waals surface area contributed by atoms with Crippen LogP contribution in [0.1, 0.15) is 39.5 Å². The van der Waals surface area contributed by atoms with Crippen LogP contribution < -0.4 is 5.32 Å². The first-order valence-electron chi connectivity index (χ1n) is 6.66. The maximum Gasteiger partial charge on any atom is 0.162 e. The molecule has 1 heterocycles. The maximum atomic E-state index is 5.68. The fourth-order valence-corrected chi connectivity index (χ4v) is 3.54. The largest absolute Gasteiger partial charge is 0.349 e. The normalized spacial score (nSPS) is 42.8. The molecular formula is C13H23NO2. The Morgan fingerprint density at radius 2 is 1.81 bits per heavy atom. The Morgan fingerprint density at radius 1 is 1.06 bits per heavy atom. The molecule has 92 valence electrons. The lowest BCUT2D eigenvalue weighted by molar-refractivity contribution is -0.253. The van der Waals surface area contributed by atoms with Crippen LogP contribution in [0, 0.1) is 11.8 Å². The Kier molecular flexibility index (Phi) is 2.73. The van der Waals surface area contributed by atoms with Gasteiger partial charge in [0.2, 0.25) is 0 Å². The van der Waals surface area contributed by atoms with Gasteiger partial charge in [-0.25, -0.2) is 0 Å². The molecule has 0 aromatic rings. The van der Waals surface area contributed by atoms with E-state index in [4.69, 9.17) is 9.47 Å². The van der Waals surface area contributed by atoms with Gasteiger partial charge < -0.3 is 14.8 Å². The van der Waals surface area contributed by atoms with Gasteiger partial charge in [-0.3, -0.25) is 0 Å². The minimum absolute atomic E-state index is 0.382. The van der Waals surface area contributed by atoms with Crippen molar-refractivity contribution in [2.75, 3.05) is 13.2 Å². The van der Waals surface area contributed by atoms with E-state index in [9.17, 15) is 0 Å². The van der Waals surface area contributed by atoms with Crippen LogP contribution in [0.3, 0.4) is 0 Å². The fourth-order valence-electron chi connectivity index (χ4n) is 3.54. The minimum Gasteiger partial charge on any atom is -0.349 e. The Bertz CT molecular complexity index is 257. The topological polar surface area (TPSA) is 30.5 Å². The van der Waals surface area contributed by atoms with Gasteiger partial charge in [-0.15, -0.1) is 0 Å². The van der Waals surface area contributed by atoms with E-state index in [0.29, 0.717) is 6.04 Å². The summed E-state index contributed by atoms with van der Waals surface area (Å²) in [6.45, 7) is 5.56. The fraction of sp³-hybridized carbons (Fsp3) is 1.00. The molecule has 2 saturated carbocycles. The van der Waals surface area contributed by atoms with E-state index in [1.54, 1.807) is 0 Å². The molecule has 1 saturated heterocycles.